The zero-order valence-electron chi connectivity index (χ0n) is 8.98. The van der Waals surface area contributed by atoms with Crippen LogP contribution >= 0.6 is 11.8 Å². The Morgan fingerprint density at radius 3 is 2.53 bits per heavy atom. The average molecular weight is 226 g/mol. The Labute approximate surface area is 93.2 Å². The summed E-state index contributed by atoms with van der Waals surface area (Å²) in [5, 5.41) is 14.0. The molecule has 0 atom stereocenters. The van der Waals surface area contributed by atoms with Gasteiger partial charge < -0.3 is 5.32 Å². The zero-order chi connectivity index (χ0) is 11.4. The number of nitro benzene ring substituents is 1. The summed E-state index contributed by atoms with van der Waals surface area (Å²) in [6.45, 7) is 4.12. The Morgan fingerprint density at radius 1 is 1.40 bits per heavy atom. The molecule has 0 unspecified atom stereocenters. The predicted octanol–water partition coefficient (Wildman–Crippen LogP) is 3.14. The lowest BCUT2D eigenvalue weighted by Crippen LogP contribution is -1.94. The maximum atomic E-state index is 10.7. The number of nitrogens with zero attached hydrogens (tertiary/aromatic N) is 1. The van der Waals surface area contributed by atoms with Crippen molar-refractivity contribution in [3.05, 3.63) is 28.3 Å². The number of thioether (sulfide) groups is 1. The van der Waals surface area contributed by atoms with Gasteiger partial charge in [-0.15, -0.1) is 11.8 Å². The first-order valence-corrected chi connectivity index (χ1v) is 5.54. The SMILES string of the molecule is CNc1cc(SC(C)C)cc([N+](=O)[O-])c1. The minimum absolute atomic E-state index is 0.130. The van der Waals surface area contributed by atoms with Crippen LogP contribution in [-0.2, 0) is 0 Å². The molecular weight excluding hydrogens is 212 g/mol. The van der Waals surface area contributed by atoms with Crippen molar-refractivity contribution in [2.24, 2.45) is 0 Å². The van der Waals surface area contributed by atoms with Gasteiger partial charge in [0.1, 0.15) is 0 Å². The van der Waals surface area contributed by atoms with Gasteiger partial charge in [-0.25, -0.2) is 0 Å². The summed E-state index contributed by atoms with van der Waals surface area (Å²) in [5.74, 6) is 0. The van der Waals surface area contributed by atoms with Gasteiger partial charge >= 0.3 is 0 Å². The lowest BCUT2D eigenvalue weighted by molar-refractivity contribution is -0.385. The van der Waals surface area contributed by atoms with Crippen LogP contribution in [0.3, 0.4) is 0 Å². The normalized spacial score (nSPS) is 10.4. The predicted molar refractivity (Wildman–Crippen MR) is 63.6 cm³/mol. The lowest BCUT2D eigenvalue weighted by atomic mass is 10.3. The Bertz CT molecular complexity index is 366. The van der Waals surface area contributed by atoms with E-state index in [1.165, 1.54) is 6.07 Å². The summed E-state index contributed by atoms with van der Waals surface area (Å²) in [6.07, 6.45) is 0. The fourth-order valence-corrected chi connectivity index (χ4v) is 2.10. The van der Waals surface area contributed by atoms with Gasteiger partial charge in [-0.3, -0.25) is 10.1 Å². The molecule has 0 aliphatic heterocycles. The summed E-state index contributed by atoms with van der Waals surface area (Å²) < 4.78 is 0. The third kappa shape index (κ3) is 3.43. The van der Waals surface area contributed by atoms with E-state index in [0.29, 0.717) is 5.25 Å². The van der Waals surface area contributed by atoms with Crippen LogP contribution in [0.5, 0.6) is 0 Å². The maximum absolute atomic E-state index is 10.7. The third-order valence-corrected chi connectivity index (χ3v) is 2.74. The molecule has 0 saturated heterocycles. The van der Waals surface area contributed by atoms with Gasteiger partial charge in [-0.1, -0.05) is 13.8 Å². The first-order valence-electron chi connectivity index (χ1n) is 4.67. The van der Waals surface area contributed by atoms with Crippen molar-refractivity contribution in [3.8, 4) is 0 Å². The van der Waals surface area contributed by atoms with Crippen molar-refractivity contribution in [1.82, 2.24) is 0 Å². The standard InChI is InChI=1S/C10H14N2O2S/c1-7(2)15-10-5-8(11-3)4-9(6-10)12(13)14/h4-7,11H,1-3H3. The molecule has 1 aromatic carbocycles. The van der Waals surface area contributed by atoms with Crippen molar-refractivity contribution in [3.63, 3.8) is 0 Å². The second kappa shape index (κ2) is 5.02. The molecule has 0 saturated carbocycles. The molecule has 0 aromatic heterocycles. The van der Waals surface area contributed by atoms with Crippen LogP contribution in [0.15, 0.2) is 23.1 Å². The average Bonchev–Trinajstić information content (AvgIpc) is 2.16. The highest BCUT2D eigenvalue weighted by atomic mass is 32.2. The molecule has 4 nitrogen and oxygen atoms in total. The number of non-ortho nitro benzene ring substituents is 1. The van der Waals surface area contributed by atoms with Crippen molar-refractivity contribution >= 4 is 23.1 Å². The van der Waals surface area contributed by atoms with E-state index in [2.05, 4.69) is 19.2 Å². The summed E-state index contributed by atoms with van der Waals surface area (Å²) >= 11 is 1.62. The van der Waals surface area contributed by atoms with Crippen LogP contribution in [-0.4, -0.2) is 17.2 Å². The molecule has 0 bridgehead atoms. The third-order valence-electron chi connectivity index (χ3n) is 1.76. The highest BCUT2D eigenvalue weighted by molar-refractivity contribution is 7.99. The molecule has 0 spiro atoms. The van der Waals surface area contributed by atoms with Crippen molar-refractivity contribution < 1.29 is 4.92 Å². The molecule has 0 amide bonds. The quantitative estimate of drug-likeness (QED) is 0.487. The fraction of sp³-hybridized carbons (Fsp3) is 0.400. The van der Waals surface area contributed by atoms with Gasteiger partial charge in [0.2, 0.25) is 0 Å². The Balaban J connectivity index is 3.05. The fourth-order valence-electron chi connectivity index (χ4n) is 1.17. The molecule has 0 heterocycles. The zero-order valence-corrected chi connectivity index (χ0v) is 9.80. The van der Waals surface area contributed by atoms with E-state index in [9.17, 15) is 10.1 Å². The topological polar surface area (TPSA) is 55.2 Å². The van der Waals surface area contributed by atoms with Gasteiger partial charge in [0.15, 0.2) is 0 Å². The molecule has 15 heavy (non-hydrogen) atoms. The van der Waals surface area contributed by atoms with Crippen LogP contribution in [0.1, 0.15) is 13.8 Å². The van der Waals surface area contributed by atoms with E-state index in [1.54, 1.807) is 24.9 Å². The van der Waals surface area contributed by atoms with Crippen LogP contribution in [0.2, 0.25) is 0 Å². The number of nitrogens with one attached hydrogen (secondary N) is 1. The van der Waals surface area contributed by atoms with E-state index >= 15 is 0 Å². The number of benzene rings is 1. The van der Waals surface area contributed by atoms with Crippen LogP contribution in [0.25, 0.3) is 0 Å². The van der Waals surface area contributed by atoms with Crippen LogP contribution in [0, 0.1) is 10.1 Å². The minimum Gasteiger partial charge on any atom is -0.388 e. The van der Waals surface area contributed by atoms with E-state index in [1.807, 2.05) is 6.07 Å². The molecule has 82 valence electrons. The molecule has 0 fully saturated rings. The second-order valence-electron chi connectivity index (χ2n) is 3.39. The summed E-state index contributed by atoms with van der Waals surface area (Å²) in [5.41, 5.74) is 0.900. The first kappa shape index (κ1) is 11.8. The highest BCUT2D eigenvalue weighted by Crippen LogP contribution is 2.29. The number of nitro groups is 1. The van der Waals surface area contributed by atoms with Gasteiger partial charge in [0, 0.05) is 35.0 Å². The Kier molecular flexibility index (Phi) is 3.96. The summed E-state index contributed by atoms with van der Waals surface area (Å²) in [4.78, 5) is 11.2. The van der Waals surface area contributed by atoms with E-state index < -0.39 is 0 Å². The monoisotopic (exact) mass is 226 g/mol. The molecular formula is C10H14N2O2S. The van der Waals surface area contributed by atoms with Crippen LogP contribution in [0.4, 0.5) is 11.4 Å². The largest absolute Gasteiger partial charge is 0.388 e. The molecule has 0 radical (unpaired) electrons. The van der Waals surface area contributed by atoms with Gasteiger partial charge in [0.25, 0.3) is 5.69 Å². The number of hydrogen-bond acceptors (Lipinski definition) is 4. The van der Waals surface area contributed by atoms with Crippen molar-refractivity contribution in [1.29, 1.82) is 0 Å². The van der Waals surface area contributed by atoms with E-state index in [0.717, 1.165) is 10.6 Å². The summed E-state index contributed by atoms with van der Waals surface area (Å²) in [7, 11) is 1.75. The highest BCUT2D eigenvalue weighted by Gasteiger charge is 2.10. The first-order chi connectivity index (χ1) is 7.02. The van der Waals surface area contributed by atoms with E-state index in [4.69, 9.17) is 0 Å². The number of hydrogen-bond donors (Lipinski definition) is 1. The minimum atomic E-state index is -0.370. The van der Waals surface area contributed by atoms with Gasteiger partial charge in [-0.05, 0) is 6.07 Å². The molecule has 1 N–H and O–H groups in total. The van der Waals surface area contributed by atoms with Crippen LogP contribution < -0.4 is 5.32 Å². The Morgan fingerprint density at radius 2 is 2.07 bits per heavy atom. The lowest BCUT2D eigenvalue weighted by Gasteiger charge is -2.07. The maximum Gasteiger partial charge on any atom is 0.272 e. The van der Waals surface area contributed by atoms with E-state index in [-0.39, 0.29) is 10.6 Å². The number of rotatable bonds is 4. The van der Waals surface area contributed by atoms with Gasteiger partial charge in [0.05, 0.1) is 4.92 Å². The molecule has 5 heteroatoms. The molecule has 1 aromatic rings. The smallest absolute Gasteiger partial charge is 0.272 e. The second-order valence-corrected chi connectivity index (χ2v) is 5.04. The van der Waals surface area contributed by atoms with Gasteiger partial charge in [-0.2, -0.15) is 0 Å². The molecule has 0 aliphatic rings. The number of anilines is 1. The van der Waals surface area contributed by atoms with Crippen molar-refractivity contribution in [2.45, 2.75) is 24.0 Å². The molecule has 1 rings (SSSR count). The Hall–Kier alpha value is -1.23. The molecule has 0 aliphatic carbocycles. The summed E-state index contributed by atoms with van der Waals surface area (Å²) in [6, 6.07) is 5.05. The van der Waals surface area contributed by atoms with Crippen molar-refractivity contribution in [2.75, 3.05) is 12.4 Å².